The maximum absolute atomic E-state index is 12.5. The van der Waals surface area contributed by atoms with Gasteiger partial charge in [-0.2, -0.15) is 4.31 Å². The van der Waals surface area contributed by atoms with Gasteiger partial charge >= 0.3 is 0 Å². The van der Waals surface area contributed by atoms with Crippen LogP contribution in [0, 0.1) is 10.1 Å². The molecule has 6 nitrogen and oxygen atoms in total. The highest BCUT2D eigenvalue weighted by molar-refractivity contribution is 7.89. The van der Waals surface area contributed by atoms with Crippen LogP contribution in [0.15, 0.2) is 29.7 Å². The van der Waals surface area contributed by atoms with Gasteiger partial charge in [-0.3, -0.25) is 10.1 Å². The Morgan fingerprint density at radius 3 is 2.37 bits per heavy atom. The van der Waals surface area contributed by atoms with Crippen molar-refractivity contribution in [3.05, 3.63) is 40.5 Å². The lowest BCUT2D eigenvalue weighted by molar-refractivity contribution is -0.387. The third kappa shape index (κ3) is 2.82. The molecule has 0 atom stereocenters. The Bertz CT molecular complexity index is 592. The molecule has 1 aromatic carbocycles. The van der Waals surface area contributed by atoms with Gasteiger partial charge < -0.3 is 0 Å². The average molecular weight is 284 g/mol. The first-order chi connectivity index (χ1) is 8.89. The summed E-state index contributed by atoms with van der Waals surface area (Å²) in [5.41, 5.74) is -0.189. The molecule has 1 aromatic rings. The fourth-order valence-corrected chi connectivity index (χ4v) is 3.61. The first kappa shape index (κ1) is 15.3. The van der Waals surface area contributed by atoms with Crippen LogP contribution in [0.25, 0.3) is 6.08 Å². The standard InChI is InChI=1S/C12H16N2O4S/c1-4-10-8-7-9-11(14(15)16)12(10)19(17,18)13(5-2)6-3/h4,7-9H,1,5-6H2,2-3H3. The van der Waals surface area contributed by atoms with Crippen LogP contribution < -0.4 is 0 Å². The summed E-state index contributed by atoms with van der Waals surface area (Å²) in [6.07, 6.45) is 1.31. The fraction of sp³-hybridized carbons (Fsp3) is 0.333. The van der Waals surface area contributed by atoms with Crippen LogP contribution in [0.3, 0.4) is 0 Å². The number of hydrogen-bond acceptors (Lipinski definition) is 4. The molecule has 0 aliphatic heterocycles. The quantitative estimate of drug-likeness (QED) is 0.592. The maximum atomic E-state index is 12.5. The molecule has 104 valence electrons. The summed E-state index contributed by atoms with van der Waals surface area (Å²) in [4.78, 5) is 10.0. The molecule has 0 saturated heterocycles. The highest BCUT2D eigenvalue weighted by atomic mass is 32.2. The van der Waals surface area contributed by atoms with Crippen LogP contribution in [0.5, 0.6) is 0 Å². The van der Waals surface area contributed by atoms with Gasteiger partial charge in [-0.05, 0) is 0 Å². The molecule has 0 fully saturated rings. The Balaban J connectivity index is 3.65. The van der Waals surface area contributed by atoms with Gasteiger partial charge in [0.15, 0.2) is 4.90 Å². The first-order valence-electron chi connectivity index (χ1n) is 5.80. The highest BCUT2D eigenvalue weighted by Gasteiger charge is 2.32. The van der Waals surface area contributed by atoms with E-state index < -0.39 is 20.6 Å². The molecule has 0 aromatic heterocycles. The minimum atomic E-state index is -3.90. The summed E-state index contributed by atoms with van der Waals surface area (Å²) >= 11 is 0. The normalized spacial score (nSPS) is 11.5. The van der Waals surface area contributed by atoms with E-state index in [9.17, 15) is 18.5 Å². The van der Waals surface area contributed by atoms with Crippen molar-refractivity contribution in [2.24, 2.45) is 0 Å². The number of nitro groups is 1. The summed E-state index contributed by atoms with van der Waals surface area (Å²) in [5, 5.41) is 11.0. The minimum Gasteiger partial charge on any atom is -0.258 e. The number of sulfonamides is 1. The monoisotopic (exact) mass is 284 g/mol. The van der Waals surface area contributed by atoms with Crippen LogP contribution in [-0.2, 0) is 10.0 Å². The van der Waals surface area contributed by atoms with Crippen molar-refractivity contribution in [3.63, 3.8) is 0 Å². The molecular formula is C12H16N2O4S. The molecular weight excluding hydrogens is 268 g/mol. The zero-order valence-corrected chi connectivity index (χ0v) is 11.7. The molecule has 0 amide bonds. The zero-order chi connectivity index (χ0) is 14.6. The second-order valence-electron chi connectivity index (χ2n) is 3.75. The fourth-order valence-electron chi connectivity index (χ4n) is 1.82. The van der Waals surface area contributed by atoms with E-state index in [4.69, 9.17) is 0 Å². The van der Waals surface area contributed by atoms with Crippen LogP contribution in [0.2, 0.25) is 0 Å². The summed E-state index contributed by atoms with van der Waals surface area (Å²) in [6, 6.07) is 4.12. The predicted molar refractivity (Wildman–Crippen MR) is 73.3 cm³/mol. The maximum Gasteiger partial charge on any atom is 0.290 e. The number of hydrogen-bond donors (Lipinski definition) is 0. The Hall–Kier alpha value is -1.73. The van der Waals surface area contributed by atoms with E-state index in [1.54, 1.807) is 13.8 Å². The van der Waals surface area contributed by atoms with Crippen molar-refractivity contribution in [1.82, 2.24) is 4.31 Å². The summed E-state index contributed by atoms with van der Waals surface area (Å²) in [7, 11) is -3.90. The van der Waals surface area contributed by atoms with Crippen molar-refractivity contribution < 1.29 is 13.3 Å². The molecule has 0 aliphatic carbocycles. The zero-order valence-electron chi connectivity index (χ0n) is 10.9. The third-order valence-corrected chi connectivity index (χ3v) is 4.90. The van der Waals surface area contributed by atoms with E-state index in [1.165, 1.54) is 28.6 Å². The van der Waals surface area contributed by atoms with E-state index in [1.807, 2.05) is 0 Å². The van der Waals surface area contributed by atoms with Gasteiger partial charge in [0.1, 0.15) is 0 Å². The minimum absolute atomic E-state index is 0.237. The first-order valence-corrected chi connectivity index (χ1v) is 7.24. The topological polar surface area (TPSA) is 80.5 Å². The number of nitrogens with zero attached hydrogens (tertiary/aromatic N) is 2. The van der Waals surface area contributed by atoms with Gasteiger partial charge in [0.05, 0.1) is 4.92 Å². The molecule has 0 saturated carbocycles. The van der Waals surface area contributed by atoms with E-state index in [-0.39, 0.29) is 23.5 Å². The van der Waals surface area contributed by atoms with E-state index in [2.05, 4.69) is 6.58 Å². The van der Waals surface area contributed by atoms with Gasteiger partial charge in [-0.15, -0.1) is 0 Å². The largest absolute Gasteiger partial charge is 0.290 e. The van der Waals surface area contributed by atoms with Crippen LogP contribution in [-0.4, -0.2) is 30.7 Å². The van der Waals surface area contributed by atoms with Crippen LogP contribution in [0.4, 0.5) is 5.69 Å². The summed E-state index contributed by atoms with van der Waals surface area (Å²) < 4.78 is 26.1. The van der Waals surface area contributed by atoms with Crippen molar-refractivity contribution in [2.75, 3.05) is 13.1 Å². The molecule has 7 heteroatoms. The molecule has 1 rings (SSSR count). The Kier molecular flexibility index (Phi) is 4.79. The Morgan fingerprint density at radius 1 is 1.37 bits per heavy atom. The lowest BCUT2D eigenvalue weighted by atomic mass is 10.2. The second-order valence-corrected chi connectivity index (χ2v) is 5.62. The van der Waals surface area contributed by atoms with E-state index in [0.29, 0.717) is 0 Å². The van der Waals surface area contributed by atoms with E-state index in [0.717, 1.165) is 0 Å². The SMILES string of the molecule is C=Cc1cccc([N+](=O)[O-])c1S(=O)(=O)N(CC)CC. The third-order valence-electron chi connectivity index (χ3n) is 2.74. The molecule has 0 radical (unpaired) electrons. The van der Waals surface area contributed by atoms with Gasteiger partial charge in [-0.25, -0.2) is 8.42 Å². The summed E-state index contributed by atoms with van der Waals surface area (Å²) in [6.45, 7) is 7.38. The molecule has 0 heterocycles. The van der Waals surface area contributed by atoms with Crippen molar-refractivity contribution in [3.8, 4) is 0 Å². The van der Waals surface area contributed by atoms with Crippen molar-refractivity contribution in [1.29, 1.82) is 0 Å². The number of rotatable bonds is 6. The van der Waals surface area contributed by atoms with E-state index >= 15 is 0 Å². The van der Waals surface area contributed by atoms with Gasteiger partial charge in [0, 0.05) is 24.7 Å². The molecule has 19 heavy (non-hydrogen) atoms. The Labute approximate surface area is 112 Å². The molecule has 0 unspecified atom stereocenters. The second kappa shape index (κ2) is 5.94. The molecule has 0 spiro atoms. The van der Waals surface area contributed by atoms with Gasteiger partial charge in [0.25, 0.3) is 5.69 Å². The van der Waals surface area contributed by atoms with Crippen LogP contribution in [0.1, 0.15) is 19.4 Å². The lowest BCUT2D eigenvalue weighted by Gasteiger charge is -2.19. The van der Waals surface area contributed by atoms with Crippen LogP contribution >= 0.6 is 0 Å². The van der Waals surface area contributed by atoms with Crippen molar-refractivity contribution in [2.45, 2.75) is 18.7 Å². The molecule has 0 aliphatic rings. The lowest BCUT2D eigenvalue weighted by Crippen LogP contribution is -2.31. The summed E-state index contributed by atoms with van der Waals surface area (Å²) in [5.74, 6) is 0. The highest BCUT2D eigenvalue weighted by Crippen LogP contribution is 2.30. The Morgan fingerprint density at radius 2 is 1.95 bits per heavy atom. The molecule has 0 bridgehead atoms. The smallest absolute Gasteiger partial charge is 0.258 e. The molecule has 0 N–H and O–H groups in total. The van der Waals surface area contributed by atoms with Gasteiger partial charge in [-0.1, -0.05) is 38.6 Å². The predicted octanol–water partition coefficient (Wildman–Crippen LogP) is 2.27. The average Bonchev–Trinajstić information content (AvgIpc) is 2.38. The van der Waals surface area contributed by atoms with Gasteiger partial charge in [0.2, 0.25) is 10.0 Å². The van der Waals surface area contributed by atoms with Crippen molar-refractivity contribution >= 4 is 21.8 Å². The number of nitro benzene ring substituents is 1. The number of benzene rings is 1.